The Hall–Kier alpha value is -3.16. The Balaban J connectivity index is 1.34. The second kappa shape index (κ2) is 10.3. The quantitative estimate of drug-likeness (QED) is 0.334. The lowest BCUT2D eigenvalue weighted by Crippen LogP contribution is -2.54. The predicted molar refractivity (Wildman–Crippen MR) is 153 cm³/mol. The molecule has 0 amide bonds. The maximum Gasteiger partial charge on any atom is 0.153 e. The number of carbonyl (C=O) groups excluding carboxylic acids is 1. The molecule has 0 bridgehead atoms. The van der Waals surface area contributed by atoms with Crippen molar-refractivity contribution in [1.29, 1.82) is 5.26 Å². The summed E-state index contributed by atoms with van der Waals surface area (Å²) in [7, 11) is -3.05. The Kier molecular flexibility index (Phi) is 6.99. The van der Waals surface area contributed by atoms with E-state index in [-0.39, 0.29) is 22.9 Å². The van der Waals surface area contributed by atoms with Gasteiger partial charge in [-0.05, 0) is 49.4 Å². The second-order valence-corrected chi connectivity index (χ2v) is 14.9. The largest absolute Gasteiger partial charge is 0.369 e. The van der Waals surface area contributed by atoms with Gasteiger partial charge in [-0.3, -0.25) is 9.78 Å². The summed E-state index contributed by atoms with van der Waals surface area (Å²) in [5, 5.41) is 9.91. The first kappa shape index (κ1) is 27.0. The molecule has 1 aromatic carbocycles. The number of Topliss-reactive ketones (excluding diaryl/α,β-unsaturated/α-hetero) is 1. The first-order chi connectivity index (χ1) is 19.2. The molecule has 1 aliphatic heterocycles. The summed E-state index contributed by atoms with van der Waals surface area (Å²) in [6.07, 6.45) is 9.55. The predicted octanol–water partition coefficient (Wildman–Crippen LogP) is 5.78. The Morgan fingerprint density at radius 2 is 1.88 bits per heavy atom. The Bertz CT molecular complexity index is 1590. The van der Waals surface area contributed by atoms with Gasteiger partial charge in [0.2, 0.25) is 0 Å². The van der Waals surface area contributed by atoms with Crippen LogP contribution in [0.15, 0.2) is 42.7 Å². The first-order valence-electron chi connectivity index (χ1n) is 13.8. The fourth-order valence-corrected chi connectivity index (χ4v) is 8.00. The molecular weight excluding hydrogens is 547 g/mol. The van der Waals surface area contributed by atoms with Crippen molar-refractivity contribution in [1.82, 2.24) is 9.97 Å². The minimum atomic E-state index is -3.05. The second-order valence-electron chi connectivity index (χ2n) is 11.6. The van der Waals surface area contributed by atoms with Crippen LogP contribution in [0.3, 0.4) is 0 Å². The third-order valence-electron chi connectivity index (χ3n) is 8.69. The van der Waals surface area contributed by atoms with Crippen molar-refractivity contribution < 1.29 is 17.6 Å². The zero-order valence-corrected chi connectivity index (χ0v) is 24.0. The Morgan fingerprint density at radius 3 is 2.52 bits per heavy atom. The van der Waals surface area contributed by atoms with E-state index >= 15 is 0 Å². The van der Waals surface area contributed by atoms with Crippen molar-refractivity contribution in [2.45, 2.75) is 56.1 Å². The van der Waals surface area contributed by atoms with Crippen LogP contribution in [0.1, 0.15) is 56.6 Å². The van der Waals surface area contributed by atoms with Gasteiger partial charge in [0.05, 0.1) is 33.5 Å². The summed E-state index contributed by atoms with van der Waals surface area (Å²) in [5.41, 5.74) is 2.89. The highest BCUT2D eigenvalue weighted by Gasteiger charge is 2.47. The van der Waals surface area contributed by atoms with E-state index < -0.39 is 21.1 Å². The summed E-state index contributed by atoms with van der Waals surface area (Å²) in [6.45, 7) is 0.966. The van der Waals surface area contributed by atoms with Crippen LogP contribution in [0.2, 0.25) is 0 Å². The zero-order valence-electron chi connectivity index (χ0n) is 22.3. The number of aromatic nitrogens is 2. The van der Waals surface area contributed by atoms with Gasteiger partial charge in [0, 0.05) is 55.0 Å². The summed E-state index contributed by atoms with van der Waals surface area (Å²) in [5.74, 6) is -0.528. The molecule has 40 heavy (non-hydrogen) atoms. The normalized spacial score (nSPS) is 22.4. The molecule has 6 rings (SSSR count). The van der Waals surface area contributed by atoms with Crippen LogP contribution >= 0.6 is 11.3 Å². The van der Waals surface area contributed by atoms with Gasteiger partial charge in [0.1, 0.15) is 16.6 Å². The van der Waals surface area contributed by atoms with Gasteiger partial charge in [-0.1, -0.05) is 25.0 Å². The molecule has 2 atom stereocenters. The maximum absolute atomic E-state index is 14.1. The van der Waals surface area contributed by atoms with E-state index in [4.69, 9.17) is 4.98 Å². The topological polar surface area (TPSA) is 104 Å². The molecule has 3 heterocycles. The summed E-state index contributed by atoms with van der Waals surface area (Å²) in [4.78, 5) is 25.6. The Labute approximate surface area is 238 Å². The number of pyridine rings is 1. The lowest BCUT2D eigenvalue weighted by atomic mass is 9.73. The lowest BCUT2D eigenvalue weighted by Gasteiger charge is -2.39. The number of ketones is 1. The molecule has 0 unspecified atom stereocenters. The highest BCUT2D eigenvalue weighted by Crippen LogP contribution is 2.51. The van der Waals surface area contributed by atoms with Gasteiger partial charge in [-0.25, -0.2) is 17.8 Å². The third-order valence-corrected chi connectivity index (χ3v) is 11.4. The molecule has 10 heteroatoms. The van der Waals surface area contributed by atoms with Crippen molar-refractivity contribution in [3.63, 3.8) is 0 Å². The average Bonchev–Trinajstić information content (AvgIpc) is 3.54. The molecule has 2 aromatic heterocycles. The van der Waals surface area contributed by atoms with E-state index in [0.29, 0.717) is 30.1 Å². The van der Waals surface area contributed by atoms with Gasteiger partial charge < -0.3 is 4.90 Å². The number of halogens is 1. The molecule has 3 aromatic rings. The van der Waals surface area contributed by atoms with Gasteiger partial charge in [0.15, 0.2) is 9.84 Å². The minimum absolute atomic E-state index is 0.0668. The van der Waals surface area contributed by atoms with Crippen molar-refractivity contribution in [2.75, 3.05) is 24.2 Å². The summed E-state index contributed by atoms with van der Waals surface area (Å²) in [6, 6.07) is 11.8. The van der Waals surface area contributed by atoms with E-state index in [1.165, 1.54) is 29.9 Å². The van der Waals surface area contributed by atoms with Gasteiger partial charge in [0.25, 0.3) is 0 Å². The van der Waals surface area contributed by atoms with E-state index in [0.717, 1.165) is 60.3 Å². The fraction of sp³-hybridized carbons (Fsp3) is 0.467. The molecule has 3 fully saturated rings. The van der Waals surface area contributed by atoms with Crippen molar-refractivity contribution in [3.05, 3.63) is 54.2 Å². The minimum Gasteiger partial charge on any atom is -0.369 e. The number of nitriles is 1. The molecule has 0 N–H and O–H groups in total. The molecule has 0 spiro atoms. The van der Waals surface area contributed by atoms with Crippen LogP contribution < -0.4 is 4.90 Å². The van der Waals surface area contributed by atoms with E-state index in [1.54, 1.807) is 6.20 Å². The third kappa shape index (κ3) is 5.29. The van der Waals surface area contributed by atoms with Gasteiger partial charge in [-0.15, -0.1) is 11.3 Å². The SMILES string of the molecule is CS(=O)(=O)C1CN(c2ccc(-c3sc(-c4cncc(F)c4)nc3[C@@H]3CCCC[C@H]3C(=O)CC3(C#N)CC3)cc2)C1. The van der Waals surface area contributed by atoms with Gasteiger partial charge in [-0.2, -0.15) is 5.26 Å². The van der Waals surface area contributed by atoms with Crippen molar-refractivity contribution in [2.24, 2.45) is 11.3 Å². The number of thiazole rings is 1. The number of hydrogen-bond donors (Lipinski definition) is 0. The number of benzene rings is 1. The van der Waals surface area contributed by atoms with Crippen LogP contribution in [0, 0.1) is 28.5 Å². The lowest BCUT2D eigenvalue weighted by molar-refractivity contribution is -0.125. The Morgan fingerprint density at radius 1 is 1.15 bits per heavy atom. The highest BCUT2D eigenvalue weighted by atomic mass is 32.2. The molecule has 208 valence electrons. The van der Waals surface area contributed by atoms with Gasteiger partial charge >= 0.3 is 0 Å². The van der Waals surface area contributed by atoms with E-state index in [1.807, 2.05) is 29.2 Å². The zero-order chi connectivity index (χ0) is 28.1. The molecular formula is C30H31FN4O3S2. The van der Waals surface area contributed by atoms with Crippen LogP contribution in [0.25, 0.3) is 21.0 Å². The number of sulfone groups is 1. The standard InChI is InChI=1S/C30H31FN4O3S2/c1-40(37,38)23-16-35(17-23)22-8-6-19(7-9-22)28-27(34-29(39-28)20-12-21(31)15-33-14-20)25-5-3-2-4-24(25)26(36)13-30(18-32)10-11-30/h6-9,12,14-15,23-25H,2-5,10-11,13,16-17H2,1H3/t24-,25-/m1/s1. The number of anilines is 1. The smallest absolute Gasteiger partial charge is 0.153 e. The average molecular weight is 579 g/mol. The molecule has 2 saturated carbocycles. The number of hydrogen-bond acceptors (Lipinski definition) is 8. The van der Waals surface area contributed by atoms with Crippen LogP contribution in [0.4, 0.5) is 10.1 Å². The van der Waals surface area contributed by atoms with Crippen molar-refractivity contribution >= 4 is 32.6 Å². The monoisotopic (exact) mass is 578 g/mol. The molecule has 1 saturated heterocycles. The number of carbonyl (C=O) groups is 1. The molecule has 2 aliphatic carbocycles. The van der Waals surface area contributed by atoms with Crippen LogP contribution in [-0.2, 0) is 14.6 Å². The maximum atomic E-state index is 14.1. The number of nitrogens with zero attached hydrogens (tertiary/aromatic N) is 4. The van der Waals surface area contributed by atoms with Crippen LogP contribution in [0.5, 0.6) is 0 Å². The summed E-state index contributed by atoms with van der Waals surface area (Å²) >= 11 is 1.48. The highest BCUT2D eigenvalue weighted by molar-refractivity contribution is 7.91. The first-order valence-corrected chi connectivity index (χ1v) is 16.5. The van der Waals surface area contributed by atoms with Crippen LogP contribution in [-0.4, -0.2) is 48.8 Å². The number of rotatable bonds is 8. The van der Waals surface area contributed by atoms with E-state index in [9.17, 15) is 22.9 Å². The summed E-state index contributed by atoms with van der Waals surface area (Å²) < 4.78 is 37.7. The van der Waals surface area contributed by atoms with Crippen molar-refractivity contribution in [3.8, 4) is 27.1 Å². The fourth-order valence-electron chi connectivity index (χ4n) is 5.97. The molecule has 3 aliphatic rings. The molecule has 7 nitrogen and oxygen atoms in total. The van der Waals surface area contributed by atoms with E-state index in [2.05, 4.69) is 11.1 Å². The molecule has 0 radical (unpaired) electrons.